The molecule has 0 aromatic carbocycles. The average molecular weight is 270 g/mol. The van der Waals surface area contributed by atoms with E-state index < -0.39 is 0 Å². The maximum absolute atomic E-state index is 9.11. The Hall–Kier alpha value is -0.160. The molecule has 0 bridgehead atoms. The number of hydrogen-bond acceptors (Lipinski definition) is 4. The molecule has 0 saturated carbocycles. The van der Waals surface area contributed by atoms with Crippen LogP contribution < -0.4 is 5.32 Å². The maximum atomic E-state index is 9.11. The molecule has 0 radical (unpaired) electrons. The van der Waals surface area contributed by atoms with Crippen LogP contribution in [0.5, 0.6) is 0 Å². The van der Waals surface area contributed by atoms with Gasteiger partial charge in [-0.05, 0) is 51.6 Å². The molecule has 4 nitrogen and oxygen atoms in total. The van der Waals surface area contributed by atoms with Gasteiger partial charge in [0.25, 0.3) is 0 Å². The lowest BCUT2D eigenvalue weighted by atomic mass is 9.81. The first-order valence-electron chi connectivity index (χ1n) is 7.83. The molecule has 0 aromatic heterocycles. The third-order valence-corrected chi connectivity index (χ3v) is 4.66. The fraction of sp³-hybridized carbons (Fsp3) is 1.00. The number of rotatable bonds is 6. The van der Waals surface area contributed by atoms with Crippen LogP contribution in [0.2, 0.25) is 0 Å². The van der Waals surface area contributed by atoms with E-state index in [1.165, 1.54) is 32.2 Å². The Balaban J connectivity index is 1.88. The molecule has 2 atom stereocenters. The number of aliphatic hydroxyl groups is 1. The minimum atomic E-state index is 0.300. The van der Waals surface area contributed by atoms with Gasteiger partial charge in [-0.3, -0.25) is 0 Å². The molecule has 19 heavy (non-hydrogen) atoms. The van der Waals surface area contributed by atoms with Crippen LogP contribution in [0, 0.1) is 11.3 Å². The number of hydrogen-bond donors (Lipinski definition) is 2. The summed E-state index contributed by atoms with van der Waals surface area (Å²) >= 11 is 0. The molecule has 112 valence electrons. The zero-order chi connectivity index (χ0) is 13.6. The summed E-state index contributed by atoms with van der Waals surface area (Å²) < 4.78 is 5.75. The van der Waals surface area contributed by atoms with Gasteiger partial charge in [-0.15, -0.1) is 0 Å². The van der Waals surface area contributed by atoms with Crippen LogP contribution in [0.4, 0.5) is 0 Å². The van der Waals surface area contributed by atoms with E-state index in [1.807, 2.05) is 7.05 Å². The van der Waals surface area contributed by atoms with Crippen LogP contribution in [0.25, 0.3) is 0 Å². The van der Waals surface area contributed by atoms with E-state index in [1.54, 1.807) is 0 Å². The monoisotopic (exact) mass is 270 g/mol. The van der Waals surface area contributed by atoms with E-state index in [2.05, 4.69) is 10.2 Å². The summed E-state index contributed by atoms with van der Waals surface area (Å²) in [6, 6.07) is 0. The van der Waals surface area contributed by atoms with Gasteiger partial charge in [0.2, 0.25) is 0 Å². The molecule has 0 spiro atoms. The number of aliphatic hydroxyl groups excluding tert-OH is 1. The molecule has 0 amide bonds. The van der Waals surface area contributed by atoms with Crippen LogP contribution in [0.1, 0.15) is 32.1 Å². The van der Waals surface area contributed by atoms with Gasteiger partial charge >= 0.3 is 0 Å². The van der Waals surface area contributed by atoms with Gasteiger partial charge in [-0.25, -0.2) is 0 Å². The third-order valence-electron chi connectivity index (χ3n) is 4.66. The largest absolute Gasteiger partial charge is 0.396 e. The minimum Gasteiger partial charge on any atom is -0.396 e. The second kappa shape index (κ2) is 7.58. The van der Waals surface area contributed by atoms with E-state index in [-0.39, 0.29) is 0 Å². The lowest BCUT2D eigenvalue weighted by Crippen LogP contribution is -2.50. The van der Waals surface area contributed by atoms with Crippen LogP contribution in [0.3, 0.4) is 0 Å². The van der Waals surface area contributed by atoms with Gasteiger partial charge in [-0.2, -0.15) is 0 Å². The van der Waals surface area contributed by atoms with Crippen molar-refractivity contribution in [3.05, 3.63) is 0 Å². The molecular weight excluding hydrogens is 240 g/mol. The molecular formula is C15H30N2O2. The highest BCUT2D eigenvalue weighted by molar-refractivity contribution is 4.88. The Morgan fingerprint density at radius 1 is 1.42 bits per heavy atom. The zero-order valence-electron chi connectivity index (χ0n) is 12.4. The first-order valence-corrected chi connectivity index (χ1v) is 7.83. The molecule has 0 aromatic rings. The molecule has 2 unspecified atom stereocenters. The Kier molecular flexibility index (Phi) is 6.07. The number of nitrogens with one attached hydrogen (secondary N) is 1. The average Bonchev–Trinajstić information content (AvgIpc) is 2.41. The van der Waals surface area contributed by atoms with Crippen LogP contribution in [-0.2, 0) is 4.74 Å². The van der Waals surface area contributed by atoms with Crippen molar-refractivity contribution in [2.24, 2.45) is 11.3 Å². The number of piperidine rings is 1. The number of nitrogens with zero attached hydrogens (tertiary/aromatic N) is 1. The molecule has 4 heteroatoms. The summed E-state index contributed by atoms with van der Waals surface area (Å²) in [5, 5.41) is 12.5. The number of ether oxygens (including phenoxy) is 1. The Labute approximate surface area is 117 Å². The van der Waals surface area contributed by atoms with E-state index >= 15 is 0 Å². The van der Waals surface area contributed by atoms with Gasteiger partial charge in [0.05, 0.1) is 6.61 Å². The second-order valence-corrected chi connectivity index (χ2v) is 6.44. The Morgan fingerprint density at radius 3 is 3.00 bits per heavy atom. The Bertz CT molecular complexity index is 247. The SMILES string of the molecule is CNCC1(CN2CCCC(CCO)C2)CCCOC1. The lowest BCUT2D eigenvalue weighted by molar-refractivity contribution is -0.0318. The smallest absolute Gasteiger partial charge is 0.0546 e. The first-order chi connectivity index (χ1) is 9.28. The molecule has 2 heterocycles. The van der Waals surface area contributed by atoms with Crippen molar-refractivity contribution >= 4 is 0 Å². The van der Waals surface area contributed by atoms with Gasteiger partial charge in [0.15, 0.2) is 0 Å². The molecule has 2 rings (SSSR count). The zero-order valence-corrected chi connectivity index (χ0v) is 12.4. The lowest BCUT2D eigenvalue weighted by Gasteiger charge is -2.43. The maximum Gasteiger partial charge on any atom is 0.0546 e. The van der Waals surface area contributed by atoms with Crippen molar-refractivity contribution in [1.82, 2.24) is 10.2 Å². The highest BCUT2D eigenvalue weighted by atomic mass is 16.5. The summed E-state index contributed by atoms with van der Waals surface area (Å²) in [6.45, 7) is 6.74. The summed E-state index contributed by atoms with van der Waals surface area (Å²) in [5.74, 6) is 0.690. The van der Waals surface area contributed by atoms with Crippen molar-refractivity contribution in [3.8, 4) is 0 Å². The number of likely N-dealkylation sites (tertiary alicyclic amines) is 1. The summed E-state index contributed by atoms with van der Waals surface area (Å²) in [4.78, 5) is 2.61. The molecule has 0 aliphatic carbocycles. The Morgan fingerprint density at radius 2 is 2.32 bits per heavy atom. The molecule has 2 aliphatic heterocycles. The molecule has 2 N–H and O–H groups in total. The summed E-state index contributed by atoms with van der Waals surface area (Å²) in [7, 11) is 2.04. The van der Waals surface area contributed by atoms with Gasteiger partial charge < -0.3 is 20.1 Å². The predicted molar refractivity (Wildman–Crippen MR) is 77.3 cm³/mol. The predicted octanol–water partition coefficient (Wildman–Crippen LogP) is 1.10. The highest BCUT2D eigenvalue weighted by Gasteiger charge is 2.35. The van der Waals surface area contributed by atoms with E-state index in [0.29, 0.717) is 17.9 Å². The van der Waals surface area contributed by atoms with Crippen molar-refractivity contribution in [2.45, 2.75) is 32.1 Å². The van der Waals surface area contributed by atoms with Crippen molar-refractivity contribution in [2.75, 3.05) is 53.0 Å². The highest BCUT2D eigenvalue weighted by Crippen LogP contribution is 2.31. The fourth-order valence-electron chi connectivity index (χ4n) is 3.79. The molecule has 2 fully saturated rings. The normalized spacial score (nSPS) is 33.5. The fourth-order valence-corrected chi connectivity index (χ4v) is 3.79. The minimum absolute atomic E-state index is 0.300. The third kappa shape index (κ3) is 4.42. The van der Waals surface area contributed by atoms with Gasteiger partial charge in [0, 0.05) is 38.3 Å². The first kappa shape index (κ1) is 15.2. The molecule has 2 aliphatic rings. The van der Waals surface area contributed by atoms with Gasteiger partial charge in [-0.1, -0.05) is 0 Å². The van der Waals surface area contributed by atoms with E-state index in [4.69, 9.17) is 9.84 Å². The van der Waals surface area contributed by atoms with Crippen molar-refractivity contribution in [1.29, 1.82) is 0 Å². The van der Waals surface area contributed by atoms with Crippen LogP contribution in [-0.4, -0.2) is 63.1 Å². The summed E-state index contributed by atoms with van der Waals surface area (Å²) in [5.41, 5.74) is 0.300. The van der Waals surface area contributed by atoms with Crippen molar-refractivity contribution < 1.29 is 9.84 Å². The standard InChI is InChI=1S/C15H30N2O2/c1-16-11-15(6-3-9-19-13-15)12-17-7-2-4-14(10-17)5-8-18/h14,16,18H,2-13H2,1H3. The summed E-state index contributed by atoms with van der Waals surface area (Å²) in [6.07, 6.45) is 5.99. The van der Waals surface area contributed by atoms with Gasteiger partial charge in [0.1, 0.15) is 0 Å². The second-order valence-electron chi connectivity index (χ2n) is 6.44. The van der Waals surface area contributed by atoms with Crippen molar-refractivity contribution in [3.63, 3.8) is 0 Å². The van der Waals surface area contributed by atoms with E-state index in [0.717, 1.165) is 39.3 Å². The van der Waals surface area contributed by atoms with E-state index in [9.17, 15) is 0 Å². The molecule has 2 saturated heterocycles. The van der Waals surface area contributed by atoms with Crippen LogP contribution in [0.15, 0.2) is 0 Å². The topological polar surface area (TPSA) is 44.7 Å². The van der Waals surface area contributed by atoms with Crippen LogP contribution >= 0.6 is 0 Å². The quantitative estimate of drug-likeness (QED) is 0.758.